The quantitative estimate of drug-likeness (QED) is 0.683. The maximum Gasteiger partial charge on any atom is 0.225 e. The van der Waals surface area contributed by atoms with Crippen LogP contribution in [0.25, 0.3) is 22.4 Å². The number of nitrogens with zero attached hydrogens (tertiary/aromatic N) is 2. The summed E-state index contributed by atoms with van der Waals surface area (Å²) >= 11 is 0. The molecule has 138 valence electrons. The smallest absolute Gasteiger partial charge is 0.225 e. The van der Waals surface area contributed by atoms with E-state index in [1.54, 1.807) is 24.5 Å². The van der Waals surface area contributed by atoms with Gasteiger partial charge in [0, 0.05) is 24.4 Å². The fraction of sp³-hybridized carbons (Fsp3) is 0.286. The van der Waals surface area contributed by atoms with Gasteiger partial charge in [-0.25, -0.2) is 4.39 Å². The molecule has 4 rings (SSSR count). The SMILES string of the molecule is O=C(CC1CCCC1)Nc1n[nH]c(-c2ccc(F)cc2)c1-c1ccncc1. The molecule has 1 aromatic carbocycles. The highest BCUT2D eigenvalue weighted by Gasteiger charge is 2.22. The number of nitrogens with one attached hydrogen (secondary N) is 2. The largest absolute Gasteiger partial charge is 0.309 e. The molecule has 6 heteroatoms. The van der Waals surface area contributed by atoms with Gasteiger partial charge < -0.3 is 5.32 Å². The number of amides is 1. The monoisotopic (exact) mass is 364 g/mol. The predicted octanol–water partition coefficient (Wildman–Crippen LogP) is 4.80. The number of aromatic amines is 1. The van der Waals surface area contributed by atoms with E-state index in [9.17, 15) is 9.18 Å². The lowest BCUT2D eigenvalue weighted by Crippen LogP contribution is -2.15. The molecule has 2 aromatic heterocycles. The van der Waals surface area contributed by atoms with Gasteiger partial charge in [-0.1, -0.05) is 12.8 Å². The van der Waals surface area contributed by atoms with Crippen molar-refractivity contribution in [3.63, 3.8) is 0 Å². The zero-order chi connectivity index (χ0) is 18.6. The van der Waals surface area contributed by atoms with E-state index < -0.39 is 0 Å². The lowest BCUT2D eigenvalue weighted by Gasteiger charge is -2.10. The average molecular weight is 364 g/mol. The summed E-state index contributed by atoms with van der Waals surface area (Å²) in [7, 11) is 0. The number of carbonyl (C=O) groups is 1. The van der Waals surface area contributed by atoms with Crippen molar-refractivity contribution >= 4 is 11.7 Å². The fourth-order valence-electron chi connectivity index (χ4n) is 3.72. The summed E-state index contributed by atoms with van der Waals surface area (Å²) in [4.78, 5) is 16.6. The van der Waals surface area contributed by atoms with E-state index in [1.165, 1.54) is 25.0 Å². The molecule has 0 radical (unpaired) electrons. The van der Waals surface area contributed by atoms with E-state index in [0.717, 1.165) is 35.2 Å². The zero-order valence-electron chi connectivity index (χ0n) is 14.9. The van der Waals surface area contributed by atoms with Crippen LogP contribution in [0.4, 0.5) is 10.2 Å². The fourth-order valence-corrected chi connectivity index (χ4v) is 3.72. The van der Waals surface area contributed by atoms with Crippen LogP contribution in [0.1, 0.15) is 32.1 Å². The van der Waals surface area contributed by atoms with Gasteiger partial charge in [-0.2, -0.15) is 5.10 Å². The Labute approximate surface area is 157 Å². The Morgan fingerprint density at radius 2 is 1.78 bits per heavy atom. The number of aromatic nitrogens is 3. The van der Waals surface area contributed by atoms with Gasteiger partial charge in [0.15, 0.2) is 5.82 Å². The van der Waals surface area contributed by atoms with Gasteiger partial charge in [-0.15, -0.1) is 0 Å². The standard InChI is InChI=1S/C21H21FN4O/c22-17-7-5-16(6-8-17)20-19(15-9-11-23-12-10-15)21(26-25-20)24-18(27)13-14-3-1-2-4-14/h5-12,14H,1-4,13H2,(H2,24,25,26,27). The molecule has 1 fully saturated rings. The zero-order valence-corrected chi connectivity index (χ0v) is 14.9. The highest BCUT2D eigenvalue weighted by Crippen LogP contribution is 2.36. The minimum Gasteiger partial charge on any atom is -0.309 e. The van der Waals surface area contributed by atoms with Crippen LogP contribution in [0.5, 0.6) is 0 Å². The van der Waals surface area contributed by atoms with Gasteiger partial charge in [0.1, 0.15) is 5.82 Å². The van der Waals surface area contributed by atoms with E-state index in [1.807, 2.05) is 12.1 Å². The highest BCUT2D eigenvalue weighted by atomic mass is 19.1. The number of pyridine rings is 1. The molecule has 3 aromatic rings. The number of rotatable bonds is 5. The van der Waals surface area contributed by atoms with Crippen LogP contribution in [-0.2, 0) is 4.79 Å². The van der Waals surface area contributed by atoms with Crippen LogP contribution in [0.15, 0.2) is 48.8 Å². The van der Waals surface area contributed by atoms with Gasteiger partial charge in [0.25, 0.3) is 0 Å². The summed E-state index contributed by atoms with van der Waals surface area (Å²) < 4.78 is 13.3. The average Bonchev–Trinajstić information content (AvgIpc) is 3.33. The number of benzene rings is 1. The molecule has 2 heterocycles. The number of carbonyl (C=O) groups excluding carboxylic acids is 1. The van der Waals surface area contributed by atoms with Crippen LogP contribution in [0.3, 0.4) is 0 Å². The number of anilines is 1. The summed E-state index contributed by atoms with van der Waals surface area (Å²) in [5.74, 6) is 0.636. The van der Waals surface area contributed by atoms with Crippen LogP contribution in [0.2, 0.25) is 0 Å². The van der Waals surface area contributed by atoms with Gasteiger partial charge >= 0.3 is 0 Å². The normalized spacial score (nSPS) is 14.4. The Kier molecular flexibility index (Phi) is 4.96. The number of hydrogen-bond acceptors (Lipinski definition) is 3. The van der Waals surface area contributed by atoms with Gasteiger partial charge in [-0.05, 0) is 60.7 Å². The summed E-state index contributed by atoms with van der Waals surface area (Å²) in [5.41, 5.74) is 3.20. The first-order valence-electron chi connectivity index (χ1n) is 9.25. The van der Waals surface area contributed by atoms with Crippen molar-refractivity contribution in [2.24, 2.45) is 5.92 Å². The van der Waals surface area contributed by atoms with Gasteiger partial charge in [0.05, 0.1) is 11.3 Å². The Morgan fingerprint density at radius 1 is 1.07 bits per heavy atom. The third-order valence-corrected chi connectivity index (χ3v) is 5.07. The molecule has 0 aliphatic heterocycles. The molecule has 1 saturated carbocycles. The van der Waals surface area contributed by atoms with Crippen molar-refractivity contribution in [1.82, 2.24) is 15.2 Å². The first-order valence-corrected chi connectivity index (χ1v) is 9.25. The molecule has 27 heavy (non-hydrogen) atoms. The molecule has 0 saturated heterocycles. The first-order chi connectivity index (χ1) is 13.2. The molecule has 2 N–H and O–H groups in total. The molecule has 0 bridgehead atoms. The van der Waals surface area contributed by atoms with E-state index in [0.29, 0.717) is 18.2 Å². The van der Waals surface area contributed by atoms with Crippen LogP contribution < -0.4 is 5.32 Å². The first kappa shape index (κ1) is 17.4. The third kappa shape index (κ3) is 3.89. The second-order valence-corrected chi connectivity index (χ2v) is 6.97. The van der Waals surface area contributed by atoms with E-state index in [4.69, 9.17) is 0 Å². The maximum atomic E-state index is 13.3. The van der Waals surface area contributed by atoms with Crippen LogP contribution >= 0.6 is 0 Å². The van der Waals surface area contributed by atoms with Crippen molar-refractivity contribution in [2.75, 3.05) is 5.32 Å². The van der Waals surface area contributed by atoms with Crippen molar-refractivity contribution < 1.29 is 9.18 Å². The molecular weight excluding hydrogens is 343 g/mol. The molecule has 0 unspecified atom stereocenters. The Morgan fingerprint density at radius 3 is 2.48 bits per heavy atom. The number of halogens is 1. The number of hydrogen-bond donors (Lipinski definition) is 2. The Hall–Kier alpha value is -3.02. The second kappa shape index (κ2) is 7.70. The van der Waals surface area contributed by atoms with Crippen molar-refractivity contribution in [2.45, 2.75) is 32.1 Å². The molecule has 5 nitrogen and oxygen atoms in total. The molecular formula is C21H21FN4O. The summed E-state index contributed by atoms with van der Waals surface area (Å²) in [5, 5.41) is 10.3. The van der Waals surface area contributed by atoms with Crippen molar-refractivity contribution in [3.05, 3.63) is 54.6 Å². The minimum atomic E-state index is -0.297. The maximum absolute atomic E-state index is 13.3. The van der Waals surface area contributed by atoms with E-state index >= 15 is 0 Å². The van der Waals surface area contributed by atoms with E-state index in [2.05, 4.69) is 20.5 Å². The lowest BCUT2D eigenvalue weighted by molar-refractivity contribution is -0.117. The van der Waals surface area contributed by atoms with Crippen LogP contribution in [0, 0.1) is 11.7 Å². The van der Waals surface area contributed by atoms with E-state index in [-0.39, 0.29) is 11.7 Å². The lowest BCUT2D eigenvalue weighted by atomic mass is 10.0. The molecule has 1 aliphatic rings. The summed E-state index contributed by atoms with van der Waals surface area (Å²) in [6.07, 6.45) is 8.56. The Balaban J connectivity index is 1.67. The molecule has 1 aliphatic carbocycles. The van der Waals surface area contributed by atoms with Crippen molar-refractivity contribution in [1.29, 1.82) is 0 Å². The molecule has 0 spiro atoms. The molecule has 0 atom stereocenters. The van der Waals surface area contributed by atoms with Gasteiger partial charge in [0.2, 0.25) is 5.91 Å². The van der Waals surface area contributed by atoms with Crippen molar-refractivity contribution in [3.8, 4) is 22.4 Å². The van der Waals surface area contributed by atoms with Gasteiger partial charge in [-0.3, -0.25) is 14.9 Å². The predicted molar refractivity (Wildman–Crippen MR) is 102 cm³/mol. The summed E-state index contributed by atoms with van der Waals surface area (Å²) in [6.45, 7) is 0. The molecule has 1 amide bonds. The second-order valence-electron chi connectivity index (χ2n) is 6.97. The minimum absolute atomic E-state index is 0.0191. The van der Waals surface area contributed by atoms with Crippen LogP contribution in [-0.4, -0.2) is 21.1 Å². The number of H-pyrrole nitrogens is 1. The highest BCUT2D eigenvalue weighted by molar-refractivity contribution is 5.98. The summed E-state index contributed by atoms with van der Waals surface area (Å²) in [6, 6.07) is 9.93. The topological polar surface area (TPSA) is 70.7 Å². The Bertz CT molecular complexity index is 915. The third-order valence-electron chi connectivity index (χ3n) is 5.07.